The minimum absolute atomic E-state index is 0.140. The first-order valence-electron chi connectivity index (χ1n) is 6.37. The minimum atomic E-state index is -0.665. The minimum Gasteiger partial charge on any atom is -0.481 e. The maximum absolute atomic E-state index is 10.8. The van der Waals surface area contributed by atoms with E-state index in [1.165, 1.54) is 6.39 Å². The van der Waals surface area contributed by atoms with E-state index in [4.69, 9.17) is 9.52 Å². The quantitative estimate of drug-likeness (QED) is 0.890. The SMILES string of the molecule is CN(Cc1ccc2ncoc2c1)CC1CC1C(=O)O. The van der Waals surface area contributed by atoms with Crippen LogP contribution in [0.5, 0.6) is 0 Å². The Morgan fingerprint density at radius 2 is 2.42 bits per heavy atom. The number of hydrogen-bond acceptors (Lipinski definition) is 4. The number of fused-ring (bicyclic) bond motifs is 1. The molecule has 2 unspecified atom stereocenters. The zero-order valence-electron chi connectivity index (χ0n) is 10.7. The van der Waals surface area contributed by atoms with Crippen LogP contribution >= 0.6 is 0 Å². The number of carbonyl (C=O) groups is 1. The van der Waals surface area contributed by atoms with Crippen LogP contribution in [-0.2, 0) is 11.3 Å². The second-order valence-electron chi connectivity index (χ2n) is 5.29. The summed E-state index contributed by atoms with van der Waals surface area (Å²) < 4.78 is 5.27. The third-order valence-corrected chi connectivity index (χ3v) is 3.63. The highest BCUT2D eigenvalue weighted by Crippen LogP contribution is 2.39. The van der Waals surface area contributed by atoms with Crippen molar-refractivity contribution in [3.63, 3.8) is 0 Å². The Bertz CT molecular complexity index is 608. The number of aromatic nitrogens is 1. The molecule has 2 aromatic rings. The van der Waals surface area contributed by atoms with Crippen LogP contribution in [0.1, 0.15) is 12.0 Å². The van der Waals surface area contributed by atoms with E-state index in [-0.39, 0.29) is 5.92 Å². The molecule has 5 heteroatoms. The standard InChI is InChI=1S/C14H16N2O3/c1-16(7-10-5-11(10)14(17)18)6-9-2-3-12-13(4-9)19-8-15-12/h2-4,8,10-11H,5-7H2,1H3,(H,17,18). The largest absolute Gasteiger partial charge is 0.481 e. The first-order valence-corrected chi connectivity index (χ1v) is 6.37. The van der Waals surface area contributed by atoms with Gasteiger partial charge in [0.15, 0.2) is 12.0 Å². The second-order valence-corrected chi connectivity index (χ2v) is 5.29. The maximum atomic E-state index is 10.8. The van der Waals surface area contributed by atoms with Crippen molar-refractivity contribution in [1.29, 1.82) is 0 Å². The predicted octanol–water partition coefficient (Wildman–Crippen LogP) is 1.98. The van der Waals surface area contributed by atoms with Crippen molar-refractivity contribution in [2.24, 2.45) is 11.8 Å². The number of aliphatic carboxylic acids is 1. The fourth-order valence-corrected chi connectivity index (χ4v) is 2.53. The zero-order valence-corrected chi connectivity index (χ0v) is 10.7. The Balaban J connectivity index is 1.60. The fraction of sp³-hybridized carbons (Fsp3) is 0.429. The molecule has 0 amide bonds. The number of carboxylic acids is 1. The predicted molar refractivity (Wildman–Crippen MR) is 69.6 cm³/mol. The van der Waals surface area contributed by atoms with Gasteiger partial charge in [0.1, 0.15) is 5.52 Å². The van der Waals surface area contributed by atoms with E-state index in [1.54, 1.807) is 0 Å². The Labute approximate surface area is 110 Å². The molecule has 1 saturated carbocycles. The number of hydrogen-bond donors (Lipinski definition) is 1. The van der Waals surface area contributed by atoms with Crippen LogP contribution in [0.3, 0.4) is 0 Å². The summed E-state index contributed by atoms with van der Waals surface area (Å²) in [7, 11) is 2.02. The van der Waals surface area contributed by atoms with E-state index < -0.39 is 5.97 Å². The summed E-state index contributed by atoms with van der Waals surface area (Å²) >= 11 is 0. The maximum Gasteiger partial charge on any atom is 0.306 e. The highest BCUT2D eigenvalue weighted by atomic mass is 16.4. The molecule has 1 heterocycles. The number of rotatable bonds is 5. The fourth-order valence-electron chi connectivity index (χ4n) is 2.53. The molecule has 1 N–H and O–H groups in total. The summed E-state index contributed by atoms with van der Waals surface area (Å²) in [4.78, 5) is 17.0. The van der Waals surface area contributed by atoms with Crippen LogP contribution < -0.4 is 0 Å². The van der Waals surface area contributed by atoms with Crippen molar-refractivity contribution >= 4 is 17.1 Å². The third-order valence-electron chi connectivity index (χ3n) is 3.63. The summed E-state index contributed by atoms with van der Waals surface area (Å²) in [6.07, 6.45) is 2.25. The highest BCUT2D eigenvalue weighted by Gasteiger charge is 2.43. The molecular weight excluding hydrogens is 244 g/mol. The van der Waals surface area contributed by atoms with E-state index >= 15 is 0 Å². The van der Waals surface area contributed by atoms with E-state index in [0.29, 0.717) is 5.92 Å². The van der Waals surface area contributed by atoms with Gasteiger partial charge in [0.2, 0.25) is 0 Å². The van der Waals surface area contributed by atoms with Crippen LogP contribution in [0.2, 0.25) is 0 Å². The van der Waals surface area contributed by atoms with Gasteiger partial charge >= 0.3 is 5.97 Å². The summed E-state index contributed by atoms with van der Waals surface area (Å²) in [6, 6.07) is 5.96. The van der Waals surface area contributed by atoms with Crippen molar-refractivity contribution < 1.29 is 14.3 Å². The molecule has 100 valence electrons. The molecule has 1 aromatic carbocycles. The Morgan fingerprint density at radius 1 is 1.58 bits per heavy atom. The lowest BCUT2D eigenvalue weighted by atomic mass is 10.2. The monoisotopic (exact) mass is 260 g/mol. The number of benzene rings is 1. The molecule has 0 aliphatic heterocycles. The van der Waals surface area contributed by atoms with Gasteiger partial charge in [-0.05, 0) is 37.1 Å². The Hall–Kier alpha value is -1.88. The van der Waals surface area contributed by atoms with Gasteiger partial charge in [-0.15, -0.1) is 0 Å². The van der Waals surface area contributed by atoms with Crippen LogP contribution in [0.15, 0.2) is 29.0 Å². The topological polar surface area (TPSA) is 66.6 Å². The average Bonchev–Trinajstić information content (AvgIpc) is 2.97. The number of nitrogens with zero attached hydrogens (tertiary/aromatic N) is 2. The molecule has 3 rings (SSSR count). The zero-order chi connectivity index (χ0) is 13.4. The highest BCUT2D eigenvalue weighted by molar-refractivity contribution is 5.73. The Kier molecular flexibility index (Phi) is 2.98. The molecule has 0 spiro atoms. The van der Waals surface area contributed by atoms with Crippen molar-refractivity contribution in [3.8, 4) is 0 Å². The molecule has 1 aromatic heterocycles. The van der Waals surface area contributed by atoms with Gasteiger partial charge in [-0.1, -0.05) is 6.07 Å². The lowest BCUT2D eigenvalue weighted by Gasteiger charge is -2.16. The van der Waals surface area contributed by atoms with E-state index in [1.807, 2.05) is 25.2 Å². The van der Waals surface area contributed by atoms with Crippen LogP contribution in [0, 0.1) is 11.8 Å². The van der Waals surface area contributed by atoms with Gasteiger partial charge < -0.3 is 14.4 Å². The molecular formula is C14H16N2O3. The first-order chi connectivity index (χ1) is 9.13. The smallest absolute Gasteiger partial charge is 0.306 e. The summed E-state index contributed by atoms with van der Waals surface area (Å²) in [5, 5.41) is 8.88. The van der Waals surface area contributed by atoms with E-state index in [9.17, 15) is 4.79 Å². The van der Waals surface area contributed by atoms with Gasteiger partial charge in [-0.25, -0.2) is 4.98 Å². The number of oxazole rings is 1. The molecule has 5 nitrogen and oxygen atoms in total. The second kappa shape index (κ2) is 4.66. The molecule has 0 bridgehead atoms. The van der Waals surface area contributed by atoms with Crippen molar-refractivity contribution in [2.75, 3.05) is 13.6 Å². The molecule has 1 fully saturated rings. The molecule has 2 atom stereocenters. The lowest BCUT2D eigenvalue weighted by Crippen LogP contribution is -2.21. The molecule has 19 heavy (non-hydrogen) atoms. The summed E-state index contributed by atoms with van der Waals surface area (Å²) in [6.45, 7) is 1.62. The molecule has 1 aliphatic carbocycles. The van der Waals surface area contributed by atoms with Crippen LogP contribution in [0.4, 0.5) is 0 Å². The van der Waals surface area contributed by atoms with Crippen LogP contribution in [-0.4, -0.2) is 34.6 Å². The Morgan fingerprint density at radius 3 is 3.16 bits per heavy atom. The van der Waals surface area contributed by atoms with E-state index in [0.717, 1.165) is 36.2 Å². The van der Waals surface area contributed by atoms with Crippen molar-refractivity contribution in [3.05, 3.63) is 30.2 Å². The van der Waals surface area contributed by atoms with Gasteiger partial charge in [0.25, 0.3) is 0 Å². The number of carboxylic acid groups (broad SMARTS) is 1. The lowest BCUT2D eigenvalue weighted by molar-refractivity contribution is -0.138. The van der Waals surface area contributed by atoms with Gasteiger partial charge in [-0.3, -0.25) is 4.79 Å². The van der Waals surface area contributed by atoms with E-state index in [2.05, 4.69) is 9.88 Å². The normalized spacial score (nSPS) is 22.0. The van der Waals surface area contributed by atoms with Crippen molar-refractivity contribution in [1.82, 2.24) is 9.88 Å². The average molecular weight is 260 g/mol. The molecule has 1 aliphatic rings. The summed E-state index contributed by atoms with van der Waals surface area (Å²) in [5.74, 6) is -0.503. The first kappa shape index (κ1) is 12.2. The third kappa shape index (κ3) is 2.61. The summed E-state index contributed by atoms with van der Waals surface area (Å²) in [5.41, 5.74) is 2.81. The van der Waals surface area contributed by atoms with Crippen LogP contribution in [0.25, 0.3) is 11.1 Å². The molecule has 0 radical (unpaired) electrons. The van der Waals surface area contributed by atoms with Gasteiger partial charge in [0.05, 0.1) is 5.92 Å². The van der Waals surface area contributed by atoms with Crippen molar-refractivity contribution in [2.45, 2.75) is 13.0 Å². The van der Waals surface area contributed by atoms with Gasteiger partial charge in [0, 0.05) is 13.1 Å². The van der Waals surface area contributed by atoms with Gasteiger partial charge in [-0.2, -0.15) is 0 Å². The molecule has 0 saturated heterocycles.